The van der Waals surface area contributed by atoms with Crippen LogP contribution >= 0.6 is 12.4 Å². The predicted octanol–water partition coefficient (Wildman–Crippen LogP) is 3.33. The van der Waals surface area contributed by atoms with Crippen LogP contribution in [0.3, 0.4) is 0 Å². The number of imidazole rings is 1. The summed E-state index contributed by atoms with van der Waals surface area (Å²) in [7, 11) is 0. The molecule has 0 amide bonds. The zero-order valence-corrected chi connectivity index (χ0v) is 10.9. The Labute approximate surface area is 114 Å². The molecule has 1 aromatic heterocycles. The second kappa shape index (κ2) is 5.63. The van der Waals surface area contributed by atoms with Crippen LogP contribution in [0.5, 0.6) is 0 Å². The Morgan fingerprint density at radius 2 is 1.79 bits per heavy atom. The Morgan fingerprint density at radius 1 is 1.21 bits per heavy atom. The maximum Gasteiger partial charge on any atom is 0.416 e. The SMILES string of the molecule is C[C@H](N)c1cn(-c2ccc(C(F)(F)F)cc2)cn1.Cl. The van der Waals surface area contributed by atoms with Gasteiger partial charge in [0.25, 0.3) is 0 Å². The fraction of sp³-hybridized carbons (Fsp3) is 0.250. The zero-order chi connectivity index (χ0) is 13.3. The number of halogens is 4. The second-order valence-corrected chi connectivity index (χ2v) is 4.04. The van der Waals surface area contributed by atoms with Gasteiger partial charge in [-0.15, -0.1) is 12.4 Å². The van der Waals surface area contributed by atoms with Gasteiger partial charge in [-0.05, 0) is 31.2 Å². The van der Waals surface area contributed by atoms with E-state index in [1.165, 1.54) is 18.5 Å². The van der Waals surface area contributed by atoms with Gasteiger partial charge in [0.2, 0.25) is 0 Å². The molecule has 0 aliphatic heterocycles. The summed E-state index contributed by atoms with van der Waals surface area (Å²) in [5, 5.41) is 0. The molecular formula is C12H13ClF3N3. The van der Waals surface area contributed by atoms with Crippen LogP contribution in [0, 0.1) is 0 Å². The fourth-order valence-corrected chi connectivity index (χ4v) is 1.54. The first-order chi connectivity index (χ1) is 8.38. The average Bonchev–Trinajstić information content (AvgIpc) is 2.77. The maximum atomic E-state index is 12.4. The Morgan fingerprint density at radius 3 is 2.21 bits per heavy atom. The van der Waals surface area contributed by atoms with E-state index < -0.39 is 11.7 Å². The summed E-state index contributed by atoms with van der Waals surface area (Å²) in [6.45, 7) is 1.79. The first kappa shape index (κ1) is 15.5. The highest BCUT2D eigenvalue weighted by Crippen LogP contribution is 2.29. The highest BCUT2D eigenvalue weighted by molar-refractivity contribution is 5.85. The molecule has 0 radical (unpaired) electrons. The Balaban J connectivity index is 0.00000180. The van der Waals surface area contributed by atoms with E-state index in [-0.39, 0.29) is 18.4 Å². The summed E-state index contributed by atoms with van der Waals surface area (Å²) in [5.41, 5.74) is 6.30. The van der Waals surface area contributed by atoms with Crippen molar-refractivity contribution in [3.8, 4) is 5.69 Å². The molecule has 0 saturated heterocycles. The number of aromatic nitrogens is 2. The summed E-state index contributed by atoms with van der Waals surface area (Å²) in [4.78, 5) is 4.08. The molecule has 0 aliphatic rings. The molecule has 0 fully saturated rings. The number of alkyl halides is 3. The molecule has 0 aliphatic carbocycles. The van der Waals surface area contributed by atoms with Gasteiger partial charge in [-0.3, -0.25) is 0 Å². The monoisotopic (exact) mass is 291 g/mol. The third-order valence-corrected chi connectivity index (χ3v) is 2.56. The van der Waals surface area contributed by atoms with Crippen molar-refractivity contribution in [3.63, 3.8) is 0 Å². The van der Waals surface area contributed by atoms with Gasteiger partial charge in [0.05, 0.1) is 17.6 Å². The minimum absolute atomic E-state index is 0. The zero-order valence-electron chi connectivity index (χ0n) is 10.1. The van der Waals surface area contributed by atoms with E-state index in [1.54, 1.807) is 17.7 Å². The van der Waals surface area contributed by atoms with Crippen molar-refractivity contribution in [2.75, 3.05) is 0 Å². The van der Waals surface area contributed by atoms with E-state index >= 15 is 0 Å². The number of nitrogens with zero attached hydrogens (tertiary/aromatic N) is 2. The summed E-state index contributed by atoms with van der Waals surface area (Å²) in [6.07, 6.45) is -1.08. The van der Waals surface area contributed by atoms with Crippen molar-refractivity contribution in [1.82, 2.24) is 9.55 Å². The Bertz CT molecular complexity index is 532. The number of hydrogen-bond acceptors (Lipinski definition) is 2. The van der Waals surface area contributed by atoms with Gasteiger partial charge in [0.15, 0.2) is 0 Å². The van der Waals surface area contributed by atoms with Crippen molar-refractivity contribution in [2.24, 2.45) is 5.73 Å². The maximum absolute atomic E-state index is 12.4. The standard InChI is InChI=1S/C12H12F3N3.ClH/c1-8(16)11-6-18(7-17-11)10-4-2-9(3-5-10)12(13,14)15;/h2-8H,16H2,1H3;1H/t8-;/m0./s1. The predicted molar refractivity (Wildman–Crippen MR) is 68.4 cm³/mol. The number of nitrogens with two attached hydrogens (primary N) is 1. The Kier molecular flexibility index (Phi) is 4.60. The van der Waals surface area contributed by atoms with Crippen molar-refractivity contribution in [3.05, 3.63) is 48.0 Å². The van der Waals surface area contributed by atoms with Crippen LogP contribution in [0.1, 0.15) is 24.2 Å². The summed E-state index contributed by atoms with van der Waals surface area (Å²) in [5.74, 6) is 0. The molecule has 1 atom stereocenters. The normalized spacial score (nSPS) is 12.9. The van der Waals surface area contributed by atoms with Crippen molar-refractivity contribution < 1.29 is 13.2 Å². The van der Waals surface area contributed by atoms with Gasteiger partial charge < -0.3 is 10.3 Å². The van der Waals surface area contributed by atoms with Gasteiger partial charge in [-0.25, -0.2) is 4.98 Å². The van der Waals surface area contributed by atoms with Crippen molar-refractivity contribution in [1.29, 1.82) is 0 Å². The van der Waals surface area contributed by atoms with Crippen LogP contribution in [0.15, 0.2) is 36.8 Å². The van der Waals surface area contributed by atoms with Crippen LogP contribution in [-0.4, -0.2) is 9.55 Å². The lowest BCUT2D eigenvalue weighted by Crippen LogP contribution is -2.05. The van der Waals surface area contributed by atoms with E-state index in [1.807, 2.05) is 0 Å². The van der Waals surface area contributed by atoms with Gasteiger partial charge in [-0.2, -0.15) is 13.2 Å². The summed E-state index contributed by atoms with van der Waals surface area (Å²) >= 11 is 0. The first-order valence-corrected chi connectivity index (χ1v) is 5.35. The highest BCUT2D eigenvalue weighted by Gasteiger charge is 2.29. The summed E-state index contributed by atoms with van der Waals surface area (Å²) < 4.78 is 38.8. The molecule has 0 bridgehead atoms. The van der Waals surface area contributed by atoms with Crippen molar-refractivity contribution >= 4 is 12.4 Å². The van der Waals surface area contributed by atoms with E-state index in [2.05, 4.69) is 4.98 Å². The van der Waals surface area contributed by atoms with Crippen molar-refractivity contribution in [2.45, 2.75) is 19.1 Å². The molecule has 7 heteroatoms. The Hall–Kier alpha value is -1.53. The molecular weight excluding hydrogens is 279 g/mol. The molecule has 2 rings (SSSR count). The number of hydrogen-bond donors (Lipinski definition) is 1. The molecule has 0 spiro atoms. The largest absolute Gasteiger partial charge is 0.416 e. The van der Waals surface area contributed by atoms with Gasteiger partial charge >= 0.3 is 6.18 Å². The second-order valence-electron chi connectivity index (χ2n) is 4.04. The lowest BCUT2D eigenvalue weighted by atomic mass is 10.2. The molecule has 2 N–H and O–H groups in total. The number of rotatable bonds is 2. The first-order valence-electron chi connectivity index (χ1n) is 5.35. The lowest BCUT2D eigenvalue weighted by Gasteiger charge is -2.07. The molecule has 1 heterocycles. The topological polar surface area (TPSA) is 43.8 Å². The fourth-order valence-electron chi connectivity index (χ4n) is 1.54. The summed E-state index contributed by atoms with van der Waals surface area (Å²) in [6, 6.07) is 4.67. The average molecular weight is 292 g/mol. The van der Waals surface area contributed by atoms with E-state index in [0.717, 1.165) is 12.1 Å². The van der Waals surface area contributed by atoms with E-state index in [9.17, 15) is 13.2 Å². The van der Waals surface area contributed by atoms with Crippen LogP contribution in [0.25, 0.3) is 5.69 Å². The van der Waals surface area contributed by atoms with Gasteiger partial charge in [-0.1, -0.05) is 0 Å². The van der Waals surface area contributed by atoms with Crippen LogP contribution in [0.2, 0.25) is 0 Å². The van der Waals surface area contributed by atoms with Crippen LogP contribution in [-0.2, 0) is 6.18 Å². The molecule has 3 nitrogen and oxygen atoms in total. The minimum Gasteiger partial charge on any atom is -0.323 e. The van der Waals surface area contributed by atoms with Gasteiger partial charge in [0.1, 0.15) is 0 Å². The minimum atomic E-state index is -4.32. The molecule has 104 valence electrons. The smallest absolute Gasteiger partial charge is 0.323 e. The quantitative estimate of drug-likeness (QED) is 0.922. The third kappa shape index (κ3) is 3.48. The van der Waals surface area contributed by atoms with Crippen LogP contribution < -0.4 is 5.73 Å². The molecule has 2 aromatic rings. The third-order valence-electron chi connectivity index (χ3n) is 2.56. The molecule has 0 unspecified atom stereocenters. The molecule has 1 aromatic carbocycles. The number of benzene rings is 1. The molecule has 19 heavy (non-hydrogen) atoms. The van der Waals surface area contributed by atoms with Gasteiger partial charge in [0, 0.05) is 17.9 Å². The lowest BCUT2D eigenvalue weighted by molar-refractivity contribution is -0.137. The van der Waals surface area contributed by atoms with E-state index in [4.69, 9.17) is 5.73 Å². The van der Waals surface area contributed by atoms with E-state index in [0.29, 0.717) is 11.4 Å². The highest BCUT2D eigenvalue weighted by atomic mass is 35.5. The molecule has 0 saturated carbocycles. The van der Waals surface area contributed by atoms with Crippen LogP contribution in [0.4, 0.5) is 13.2 Å².